The molecule has 0 fully saturated rings. The van der Waals surface area contributed by atoms with Crippen LogP contribution in [0.2, 0.25) is 0 Å². The monoisotopic (exact) mass is 195 g/mol. The van der Waals surface area contributed by atoms with Gasteiger partial charge in [-0.1, -0.05) is 33.1 Å². The molecular weight excluding hydrogens is 174 g/mol. The van der Waals surface area contributed by atoms with Crippen LogP contribution in [-0.2, 0) is 0 Å². The largest absolute Gasteiger partial charge is 0.497 e. The van der Waals surface area contributed by atoms with E-state index in [1.165, 1.54) is 19.3 Å². The van der Waals surface area contributed by atoms with Crippen molar-refractivity contribution in [2.75, 3.05) is 12.8 Å². The summed E-state index contributed by atoms with van der Waals surface area (Å²) in [6, 6.07) is 7.27. The van der Waals surface area contributed by atoms with E-state index in [4.69, 9.17) is 10.5 Å². The van der Waals surface area contributed by atoms with Gasteiger partial charge in [0.1, 0.15) is 5.75 Å². The highest BCUT2D eigenvalue weighted by Crippen LogP contribution is 2.11. The van der Waals surface area contributed by atoms with Crippen LogP contribution in [0.4, 0.5) is 5.69 Å². The fourth-order valence-electron chi connectivity index (χ4n) is 0.957. The lowest BCUT2D eigenvalue weighted by Crippen LogP contribution is -1.84. The third-order valence-electron chi connectivity index (χ3n) is 1.82. The van der Waals surface area contributed by atoms with E-state index in [1.54, 1.807) is 19.2 Å². The van der Waals surface area contributed by atoms with Crippen molar-refractivity contribution in [1.29, 1.82) is 0 Å². The zero-order chi connectivity index (χ0) is 10.8. The Balaban J connectivity index is 0.000000292. The zero-order valence-corrected chi connectivity index (χ0v) is 9.42. The SMILES string of the molecule is CCCCC.COc1ccc(N)cc1. The summed E-state index contributed by atoms with van der Waals surface area (Å²) in [6.45, 7) is 4.42. The number of unbranched alkanes of at least 4 members (excludes halogenated alkanes) is 2. The van der Waals surface area contributed by atoms with E-state index in [9.17, 15) is 0 Å². The van der Waals surface area contributed by atoms with Gasteiger partial charge in [0.15, 0.2) is 0 Å². The summed E-state index contributed by atoms with van der Waals surface area (Å²) in [5, 5.41) is 0. The lowest BCUT2D eigenvalue weighted by Gasteiger charge is -1.97. The molecule has 80 valence electrons. The van der Waals surface area contributed by atoms with Crippen molar-refractivity contribution in [1.82, 2.24) is 0 Å². The summed E-state index contributed by atoms with van der Waals surface area (Å²) in [5.41, 5.74) is 6.19. The van der Waals surface area contributed by atoms with Gasteiger partial charge in [0.2, 0.25) is 0 Å². The highest BCUT2D eigenvalue weighted by Gasteiger charge is 1.86. The van der Waals surface area contributed by atoms with Gasteiger partial charge < -0.3 is 10.5 Å². The minimum absolute atomic E-state index is 0.760. The summed E-state index contributed by atoms with van der Waals surface area (Å²) >= 11 is 0. The second kappa shape index (κ2) is 8.42. The number of hydrogen-bond donors (Lipinski definition) is 1. The van der Waals surface area contributed by atoms with Crippen LogP contribution in [0.1, 0.15) is 33.1 Å². The second-order valence-corrected chi connectivity index (χ2v) is 3.13. The predicted octanol–water partition coefficient (Wildman–Crippen LogP) is 3.47. The van der Waals surface area contributed by atoms with Gasteiger partial charge in [0.25, 0.3) is 0 Å². The number of anilines is 1. The van der Waals surface area contributed by atoms with E-state index in [0.29, 0.717) is 0 Å². The van der Waals surface area contributed by atoms with Crippen LogP contribution in [-0.4, -0.2) is 7.11 Å². The van der Waals surface area contributed by atoms with Crippen LogP contribution in [0.3, 0.4) is 0 Å². The molecular formula is C12H21NO. The zero-order valence-electron chi connectivity index (χ0n) is 9.42. The van der Waals surface area contributed by atoms with Crippen LogP contribution in [0.5, 0.6) is 5.75 Å². The van der Waals surface area contributed by atoms with Gasteiger partial charge in [-0.2, -0.15) is 0 Å². The number of hydrogen-bond acceptors (Lipinski definition) is 2. The summed E-state index contributed by atoms with van der Waals surface area (Å²) in [7, 11) is 1.63. The van der Waals surface area contributed by atoms with Crippen molar-refractivity contribution in [3.63, 3.8) is 0 Å². The fourth-order valence-corrected chi connectivity index (χ4v) is 0.957. The molecule has 0 aromatic heterocycles. The maximum Gasteiger partial charge on any atom is 0.119 e. The Kier molecular flexibility index (Phi) is 7.71. The quantitative estimate of drug-likeness (QED) is 0.749. The molecule has 1 aromatic carbocycles. The van der Waals surface area contributed by atoms with E-state index in [-0.39, 0.29) is 0 Å². The molecule has 2 nitrogen and oxygen atoms in total. The van der Waals surface area contributed by atoms with Gasteiger partial charge in [0.05, 0.1) is 7.11 Å². The fraction of sp³-hybridized carbons (Fsp3) is 0.500. The highest BCUT2D eigenvalue weighted by molar-refractivity contribution is 5.41. The first-order valence-corrected chi connectivity index (χ1v) is 5.14. The Morgan fingerprint density at radius 1 is 1.07 bits per heavy atom. The number of benzene rings is 1. The lowest BCUT2D eigenvalue weighted by molar-refractivity contribution is 0.415. The summed E-state index contributed by atoms with van der Waals surface area (Å²) in [5.74, 6) is 0.837. The Hall–Kier alpha value is -1.18. The van der Waals surface area contributed by atoms with E-state index < -0.39 is 0 Å². The molecule has 0 heterocycles. The first-order chi connectivity index (χ1) is 6.74. The van der Waals surface area contributed by atoms with Crippen LogP contribution < -0.4 is 10.5 Å². The van der Waals surface area contributed by atoms with Crippen LogP contribution in [0.15, 0.2) is 24.3 Å². The molecule has 2 N–H and O–H groups in total. The first-order valence-electron chi connectivity index (χ1n) is 5.14. The molecule has 1 rings (SSSR count). The summed E-state index contributed by atoms with van der Waals surface area (Å²) in [4.78, 5) is 0. The molecule has 1 aromatic rings. The maximum atomic E-state index is 5.43. The molecule has 0 radical (unpaired) electrons. The van der Waals surface area contributed by atoms with Crippen molar-refractivity contribution in [2.45, 2.75) is 33.1 Å². The van der Waals surface area contributed by atoms with Crippen molar-refractivity contribution >= 4 is 5.69 Å². The number of nitrogen functional groups attached to an aromatic ring is 1. The maximum absolute atomic E-state index is 5.43. The summed E-state index contributed by atoms with van der Waals surface area (Å²) < 4.78 is 4.91. The molecule has 0 unspecified atom stereocenters. The van der Waals surface area contributed by atoms with Crippen molar-refractivity contribution in [3.8, 4) is 5.75 Å². The number of rotatable bonds is 3. The number of ether oxygens (including phenoxy) is 1. The Bertz CT molecular complexity index is 216. The third kappa shape index (κ3) is 6.35. The molecule has 0 bridgehead atoms. The lowest BCUT2D eigenvalue weighted by atomic mass is 10.3. The van der Waals surface area contributed by atoms with E-state index in [2.05, 4.69) is 13.8 Å². The van der Waals surface area contributed by atoms with E-state index in [1.807, 2.05) is 12.1 Å². The van der Waals surface area contributed by atoms with Gasteiger partial charge in [-0.05, 0) is 24.3 Å². The smallest absolute Gasteiger partial charge is 0.119 e. The molecule has 0 aliphatic rings. The molecule has 0 saturated heterocycles. The van der Waals surface area contributed by atoms with E-state index in [0.717, 1.165) is 11.4 Å². The first kappa shape index (κ1) is 12.8. The molecule has 14 heavy (non-hydrogen) atoms. The standard InChI is InChI=1S/C7H9NO.C5H12/c1-9-7-4-2-6(8)3-5-7;1-3-5-4-2/h2-5H,8H2,1H3;3-5H2,1-2H3. The molecule has 2 heteroatoms. The van der Waals surface area contributed by atoms with Crippen molar-refractivity contribution in [2.24, 2.45) is 0 Å². The number of methoxy groups -OCH3 is 1. The Labute approximate surface area is 87.1 Å². The predicted molar refractivity (Wildman–Crippen MR) is 62.6 cm³/mol. The third-order valence-corrected chi connectivity index (χ3v) is 1.82. The van der Waals surface area contributed by atoms with Crippen LogP contribution in [0, 0.1) is 0 Å². The van der Waals surface area contributed by atoms with Gasteiger partial charge in [-0.25, -0.2) is 0 Å². The number of nitrogens with two attached hydrogens (primary N) is 1. The van der Waals surface area contributed by atoms with Crippen LogP contribution >= 0.6 is 0 Å². The van der Waals surface area contributed by atoms with Gasteiger partial charge in [0, 0.05) is 5.69 Å². The van der Waals surface area contributed by atoms with Gasteiger partial charge in [-0.15, -0.1) is 0 Å². The Morgan fingerprint density at radius 3 is 1.86 bits per heavy atom. The molecule has 0 amide bonds. The molecule has 0 spiro atoms. The normalized spacial score (nSPS) is 8.79. The summed E-state index contributed by atoms with van der Waals surface area (Å²) in [6.07, 6.45) is 4.08. The molecule has 0 saturated carbocycles. The average molecular weight is 195 g/mol. The minimum atomic E-state index is 0.760. The van der Waals surface area contributed by atoms with Gasteiger partial charge in [-0.3, -0.25) is 0 Å². The topological polar surface area (TPSA) is 35.2 Å². The molecule has 0 aliphatic carbocycles. The average Bonchev–Trinajstić information content (AvgIpc) is 2.21. The van der Waals surface area contributed by atoms with E-state index >= 15 is 0 Å². The minimum Gasteiger partial charge on any atom is -0.497 e. The molecule has 0 atom stereocenters. The van der Waals surface area contributed by atoms with Crippen molar-refractivity contribution in [3.05, 3.63) is 24.3 Å². The second-order valence-electron chi connectivity index (χ2n) is 3.13. The molecule has 0 aliphatic heterocycles. The van der Waals surface area contributed by atoms with Gasteiger partial charge >= 0.3 is 0 Å². The Morgan fingerprint density at radius 2 is 1.57 bits per heavy atom. The van der Waals surface area contributed by atoms with Crippen molar-refractivity contribution < 1.29 is 4.74 Å². The van der Waals surface area contributed by atoms with Crippen LogP contribution in [0.25, 0.3) is 0 Å². The highest BCUT2D eigenvalue weighted by atomic mass is 16.5.